The van der Waals surface area contributed by atoms with Gasteiger partial charge in [0.25, 0.3) is 5.91 Å². The normalized spacial score (nSPS) is 21.5. The van der Waals surface area contributed by atoms with Gasteiger partial charge in [-0.05, 0) is 86.4 Å². The fourth-order valence-electron chi connectivity index (χ4n) is 6.81. The molecule has 5 atom stereocenters. The number of ether oxygens (including phenoxy) is 2. The van der Waals surface area contributed by atoms with Crippen molar-refractivity contribution in [2.24, 2.45) is 0 Å². The Kier molecular flexibility index (Phi) is 10.4. The molecule has 4 aromatic carbocycles. The standard InChI is InChI=1S/C41H46N2O5/c1-41(2,3)42-39(45)38(32-18-14-30(15-19-32)28-10-6-4-7-11-28)43(26-34-22-24-36(47-34)37-25-23-35(27-44)48-37)40(46)33-20-16-31(17-21-33)29-12-8-5-9-13-29/h4-21,34-38,44H,22-27H2,1-3H3,(H,42,45)/t34-,35-,36+,37+,38?/m1/s1. The highest BCUT2D eigenvalue weighted by atomic mass is 16.6. The third kappa shape index (κ3) is 8.04. The van der Waals surface area contributed by atoms with Crippen LogP contribution >= 0.6 is 0 Å². The zero-order valence-corrected chi connectivity index (χ0v) is 28.0. The Morgan fingerprint density at radius 1 is 0.708 bits per heavy atom. The average molecular weight is 647 g/mol. The molecule has 2 saturated heterocycles. The molecule has 2 amide bonds. The van der Waals surface area contributed by atoms with E-state index in [4.69, 9.17) is 9.47 Å². The molecule has 0 aromatic heterocycles. The Bertz CT molecular complexity index is 1650. The van der Waals surface area contributed by atoms with Crippen LogP contribution in [-0.4, -0.2) is 64.9 Å². The molecule has 2 heterocycles. The molecule has 2 N–H and O–H groups in total. The number of amides is 2. The van der Waals surface area contributed by atoms with Crippen molar-refractivity contribution < 1.29 is 24.2 Å². The quantitative estimate of drug-likeness (QED) is 0.190. The lowest BCUT2D eigenvalue weighted by atomic mass is 9.97. The van der Waals surface area contributed by atoms with Crippen LogP contribution in [0.4, 0.5) is 0 Å². The van der Waals surface area contributed by atoms with Crippen LogP contribution in [0.1, 0.15) is 68.4 Å². The number of nitrogens with zero attached hydrogens (tertiary/aromatic N) is 1. The van der Waals surface area contributed by atoms with Gasteiger partial charge in [-0.1, -0.05) is 97.1 Å². The van der Waals surface area contributed by atoms with Gasteiger partial charge in [0, 0.05) is 17.6 Å². The van der Waals surface area contributed by atoms with E-state index in [2.05, 4.69) is 17.4 Å². The number of carbonyl (C=O) groups is 2. The summed E-state index contributed by atoms with van der Waals surface area (Å²) in [6.07, 6.45) is 2.57. The second-order valence-electron chi connectivity index (χ2n) is 14.0. The number of hydrogen-bond donors (Lipinski definition) is 2. The lowest BCUT2D eigenvalue weighted by Gasteiger charge is -2.35. The van der Waals surface area contributed by atoms with Crippen LogP contribution in [0.15, 0.2) is 109 Å². The predicted molar refractivity (Wildman–Crippen MR) is 188 cm³/mol. The number of aliphatic hydroxyl groups is 1. The Labute approximate surface area is 283 Å². The molecule has 4 aromatic rings. The van der Waals surface area contributed by atoms with E-state index in [-0.39, 0.29) is 49.4 Å². The van der Waals surface area contributed by atoms with E-state index in [1.165, 1.54) is 0 Å². The molecule has 7 nitrogen and oxygen atoms in total. The highest BCUT2D eigenvalue weighted by Crippen LogP contribution is 2.34. The topological polar surface area (TPSA) is 88.1 Å². The molecular weight excluding hydrogens is 600 g/mol. The summed E-state index contributed by atoms with van der Waals surface area (Å²) in [5.41, 5.74) is 4.91. The Morgan fingerprint density at radius 2 is 1.19 bits per heavy atom. The highest BCUT2D eigenvalue weighted by molar-refractivity contribution is 5.98. The number of rotatable bonds is 10. The molecule has 2 aliphatic rings. The molecule has 2 aliphatic heterocycles. The summed E-state index contributed by atoms with van der Waals surface area (Å²) in [4.78, 5) is 30.6. The summed E-state index contributed by atoms with van der Waals surface area (Å²) in [5.74, 6) is -0.482. The van der Waals surface area contributed by atoms with Crippen molar-refractivity contribution in [3.8, 4) is 22.3 Å². The van der Waals surface area contributed by atoms with Crippen LogP contribution < -0.4 is 5.32 Å². The third-order valence-electron chi connectivity index (χ3n) is 9.19. The van der Waals surface area contributed by atoms with E-state index in [0.717, 1.165) is 53.5 Å². The first-order valence-electron chi connectivity index (χ1n) is 17.0. The lowest BCUT2D eigenvalue weighted by molar-refractivity contribution is -0.128. The van der Waals surface area contributed by atoms with Crippen molar-refractivity contribution in [2.75, 3.05) is 13.2 Å². The predicted octanol–water partition coefficient (Wildman–Crippen LogP) is 7.21. The Hall–Kier alpha value is -4.30. The van der Waals surface area contributed by atoms with Gasteiger partial charge in [-0.2, -0.15) is 0 Å². The summed E-state index contributed by atoms with van der Waals surface area (Å²) in [7, 11) is 0. The van der Waals surface area contributed by atoms with Gasteiger partial charge >= 0.3 is 0 Å². The molecule has 48 heavy (non-hydrogen) atoms. The van der Waals surface area contributed by atoms with Crippen LogP contribution in [0.2, 0.25) is 0 Å². The zero-order valence-electron chi connectivity index (χ0n) is 28.0. The number of aliphatic hydroxyl groups excluding tert-OH is 1. The van der Waals surface area contributed by atoms with Gasteiger partial charge < -0.3 is 24.8 Å². The second kappa shape index (κ2) is 14.9. The summed E-state index contributed by atoms with van der Waals surface area (Å²) >= 11 is 0. The number of nitrogens with one attached hydrogen (secondary N) is 1. The maximum Gasteiger partial charge on any atom is 0.254 e. The van der Waals surface area contributed by atoms with Gasteiger partial charge in [-0.15, -0.1) is 0 Å². The van der Waals surface area contributed by atoms with Gasteiger partial charge in [-0.25, -0.2) is 0 Å². The smallest absolute Gasteiger partial charge is 0.254 e. The SMILES string of the molecule is CC(C)(C)NC(=O)C(c1ccc(-c2ccccc2)cc1)N(C[C@H]1CC[C@@H]([C@@H]2CC[C@H](CO)O2)O1)C(=O)c1ccc(-c2ccccc2)cc1. The van der Waals surface area contributed by atoms with Crippen LogP contribution in [-0.2, 0) is 14.3 Å². The highest BCUT2D eigenvalue weighted by Gasteiger charge is 2.41. The van der Waals surface area contributed by atoms with Crippen molar-refractivity contribution in [2.45, 2.75) is 82.5 Å². The summed E-state index contributed by atoms with van der Waals surface area (Å²) in [6, 6.07) is 34.8. The summed E-state index contributed by atoms with van der Waals surface area (Å²) in [6.45, 7) is 6.09. The third-order valence-corrected chi connectivity index (χ3v) is 9.19. The van der Waals surface area contributed by atoms with Crippen LogP contribution in [0, 0.1) is 0 Å². The molecule has 0 saturated carbocycles. The van der Waals surface area contributed by atoms with Gasteiger partial charge in [0.2, 0.25) is 5.91 Å². The van der Waals surface area contributed by atoms with E-state index in [0.29, 0.717) is 5.56 Å². The van der Waals surface area contributed by atoms with Crippen LogP contribution in [0.5, 0.6) is 0 Å². The number of hydrogen-bond acceptors (Lipinski definition) is 5. The first kappa shape index (κ1) is 33.6. The lowest BCUT2D eigenvalue weighted by Crippen LogP contribution is -2.51. The summed E-state index contributed by atoms with van der Waals surface area (Å²) < 4.78 is 12.6. The molecule has 6 rings (SSSR count). The van der Waals surface area contributed by atoms with Gasteiger partial charge in [0.15, 0.2) is 0 Å². The molecule has 7 heteroatoms. The minimum Gasteiger partial charge on any atom is -0.394 e. The van der Waals surface area contributed by atoms with Crippen LogP contribution in [0.25, 0.3) is 22.3 Å². The van der Waals surface area contributed by atoms with E-state index in [1.807, 2.05) is 118 Å². The largest absolute Gasteiger partial charge is 0.394 e. The fraction of sp³-hybridized carbons (Fsp3) is 0.366. The maximum absolute atomic E-state index is 14.6. The minimum absolute atomic E-state index is 0.00558. The van der Waals surface area contributed by atoms with Crippen molar-refractivity contribution in [1.29, 1.82) is 0 Å². The molecule has 0 bridgehead atoms. The first-order valence-corrected chi connectivity index (χ1v) is 17.0. The van der Waals surface area contributed by atoms with E-state index in [9.17, 15) is 14.7 Å². The van der Waals surface area contributed by atoms with Crippen molar-refractivity contribution in [1.82, 2.24) is 10.2 Å². The van der Waals surface area contributed by atoms with E-state index < -0.39 is 11.6 Å². The molecule has 0 aliphatic carbocycles. The molecular formula is C41H46N2O5. The van der Waals surface area contributed by atoms with Crippen molar-refractivity contribution >= 4 is 11.8 Å². The average Bonchev–Trinajstić information content (AvgIpc) is 3.78. The van der Waals surface area contributed by atoms with E-state index in [1.54, 1.807) is 4.90 Å². The Balaban J connectivity index is 1.33. The van der Waals surface area contributed by atoms with Crippen molar-refractivity contribution in [3.63, 3.8) is 0 Å². The van der Waals surface area contributed by atoms with Crippen LogP contribution in [0.3, 0.4) is 0 Å². The number of benzene rings is 4. The first-order chi connectivity index (χ1) is 23.2. The minimum atomic E-state index is -0.889. The Morgan fingerprint density at radius 3 is 1.69 bits per heavy atom. The number of carbonyl (C=O) groups excluding carboxylic acids is 2. The second-order valence-corrected chi connectivity index (χ2v) is 14.0. The fourth-order valence-corrected chi connectivity index (χ4v) is 6.81. The van der Waals surface area contributed by atoms with Gasteiger partial charge in [0.1, 0.15) is 6.04 Å². The van der Waals surface area contributed by atoms with Gasteiger partial charge in [-0.3, -0.25) is 9.59 Å². The van der Waals surface area contributed by atoms with E-state index >= 15 is 0 Å². The summed E-state index contributed by atoms with van der Waals surface area (Å²) in [5, 5.41) is 12.7. The molecule has 2 fully saturated rings. The van der Waals surface area contributed by atoms with Crippen molar-refractivity contribution in [3.05, 3.63) is 120 Å². The molecule has 1 unspecified atom stereocenters. The monoisotopic (exact) mass is 646 g/mol. The zero-order chi connectivity index (χ0) is 33.7. The molecule has 0 radical (unpaired) electrons. The van der Waals surface area contributed by atoms with Gasteiger partial charge in [0.05, 0.1) is 31.0 Å². The maximum atomic E-state index is 14.6. The molecule has 0 spiro atoms. The molecule has 250 valence electrons.